The van der Waals surface area contributed by atoms with Crippen molar-refractivity contribution in [3.8, 4) is 0 Å². The minimum Gasteiger partial charge on any atom is -0.307 e. The molecular formula is C14H16FNO3S. The minimum atomic E-state index is -1.53. The summed E-state index contributed by atoms with van der Waals surface area (Å²) < 4.78 is 24.1. The number of alkyl halides is 1. The molecule has 1 aromatic carbocycles. The Morgan fingerprint density at radius 1 is 1.40 bits per heavy atom. The summed E-state index contributed by atoms with van der Waals surface area (Å²) in [5.74, 6) is -0.544. The van der Waals surface area contributed by atoms with E-state index in [1.807, 2.05) is 0 Å². The molecule has 0 spiro atoms. The standard InChI is InChI=1S/C14H16FNO3S/c1-9(17)10-4-5-12-11(8-10)16(7-6-15)13(18)14(2,3)20(12)19/h4-5,8H,6-7H2,1-3H3. The van der Waals surface area contributed by atoms with Gasteiger partial charge in [0.2, 0.25) is 5.91 Å². The molecule has 0 aromatic heterocycles. The molecule has 1 atom stereocenters. The predicted molar refractivity (Wildman–Crippen MR) is 75.3 cm³/mol. The average molecular weight is 297 g/mol. The summed E-state index contributed by atoms with van der Waals surface area (Å²) in [5.41, 5.74) is 0.787. The van der Waals surface area contributed by atoms with Gasteiger partial charge < -0.3 is 4.90 Å². The van der Waals surface area contributed by atoms with E-state index >= 15 is 0 Å². The molecule has 0 fully saturated rings. The molecule has 1 heterocycles. The first-order chi connectivity index (χ1) is 9.30. The molecule has 0 aliphatic carbocycles. The Morgan fingerprint density at radius 3 is 2.60 bits per heavy atom. The van der Waals surface area contributed by atoms with E-state index in [4.69, 9.17) is 0 Å². The maximum absolute atomic E-state index is 12.7. The van der Waals surface area contributed by atoms with Crippen molar-refractivity contribution in [1.29, 1.82) is 0 Å². The molecule has 6 heteroatoms. The summed E-state index contributed by atoms with van der Waals surface area (Å²) >= 11 is 0. The highest BCUT2D eigenvalue weighted by molar-refractivity contribution is 7.87. The van der Waals surface area contributed by atoms with Crippen molar-refractivity contribution >= 4 is 28.2 Å². The number of nitrogens with zero attached hydrogens (tertiary/aromatic N) is 1. The Balaban J connectivity index is 2.65. The fourth-order valence-corrected chi connectivity index (χ4v) is 3.57. The molecule has 0 saturated carbocycles. The normalized spacial score (nSPS) is 20.7. The van der Waals surface area contributed by atoms with Gasteiger partial charge in [0, 0.05) is 5.56 Å². The first-order valence-electron chi connectivity index (χ1n) is 6.25. The summed E-state index contributed by atoms with van der Waals surface area (Å²) in [4.78, 5) is 25.6. The first kappa shape index (κ1) is 14.8. The maximum atomic E-state index is 12.7. The van der Waals surface area contributed by atoms with Gasteiger partial charge in [-0.2, -0.15) is 0 Å². The van der Waals surface area contributed by atoms with Crippen LogP contribution in [0.1, 0.15) is 31.1 Å². The van der Waals surface area contributed by atoms with Crippen LogP contribution in [0.4, 0.5) is 10.1 Å². The van der Waals surface area contributed by atoms with Crippen molar-refractivity contribution in [3.05, 3.63) is 23.8 Å². The van der Waals surface area contributed by atoms with Gasteiger partial charge in [-0.25, -0.2) is 4.39 Å². The zero-order valence-electron chi connectivity index (χ0n) is 11.6. The molecule has 20 heavy (non-hydrogen) atoms. The van der Waals surface area contributed by atoms with Crippen molar-refractivity contribution in [3.63, 3.8) is 0 Å². The molecule has 1 aliphatic rings. The highest BCUT2D eigenvalue weighted by Crippen LogP contribution is 2.37. The van der Waals surface area contributed by atoms with Crippen LogP contribution in [0.2, 0.25) is 0 Å². The first-order valence-corrected chi connectivity index (χ1v) is 7.40. The average Bonchev–Trinajstić information content (AvgIpc) is 2.41. The number of fused-ring (bicyclic) bond motifs is 1. The molecule has 0 saturated heterocycles. The number of carbonyl (C=O) groups excluding carboxylic acids is 2. The number of ketones is 1. The molecule has 0 radical (unpaired) electrons. The number of hydrogen-bond donors (Lipinski definition) is 0. The Hall–Kier alpha value is -1.56. The van der Waals surface area contributed by atoms with Crippen LogP contribution < -0.4 is 4.90 Å². The molecule has 1 aliphatic heterocycles. The number of halogens is 1. The van der Waals surface area contributed by atoms with E-state index in [0.717, 1.165) is 0 Å². The van der Waals surface area contributed by atoms with E-state index in [-0.39, 0.29) is 18.2 Å². The number of Topliss-reactive ketones (excluding diaryl/α,β-unsaturated/α-hetero) is 1. The summed E-state index contributed by atoms with van der Waals surface area (Å²) in [7, 11) is -1.53. The van der Waals surface area contributed by atoms with Crippen LogP contribution in [0, 0.1) is 0 Å². The van der Waals surface area contributed by atoms with Crippen LogP contribution in [-0.4, -0.2) is 33.9 Å². The van der Waals surface area contributed by atoms with E-state index < -0.39 is 22.2 Å². The third-order valence-electron chi connectivity index (χ3n) is 3.39. The molecule has 1 unspecified atom stereocenters. The van der Waals surface area contributed by atoms with Gasteiger partial charge in [-0.3, -0.25) is 13.8 Å². The summed E-state index contributed by atoms with van der Waals surface area (Å²) in [6.07, 6.45) is 0. The van der Waals surface area contributed by atoms with Gasteiger partial charge in [-0.1, -0.05) is 6.07 Å². The zero-order chi connectivity index (χ0) is 15.1. The van der Waals surface area contributed by atoms with Crippen molar-refractivity contribution in [2.75, 3.05) is 18.1 Å². The molecule has 108 valence electrons. The number of rotatable bonds is 3. The van der Waals surface area contributed by atoms with Gasteiger partial charge in [0.05, 0.1) is 27.9 Å². The zero-order valence-corrected chi connectivity index (χ0v) is 12.4. The van der Waals surface area contributed by atoms with Crippen molar-refractivity contribution in [2.45, 2.75) is 30.4 Å². The van der Waals surface area contributed by atoms with Gasteiger partial charge in [0.25, 0.3) is 0 Å². The van der Waals surface area contributed by atoms with E-state index in [1.54, 1.807) is 26.0 Å². The summed E-state index contributed by atoms with van der Waals surface area (Å²) in [5, 5.41) is 0. The largest absolute Gasteiger partial charge is 0.307 e. The number of benzene rings is 1. The van der Waals surface area contributed by atoms with Crippen LogP contribution in [0.15, 0.2) is 23.1 Å². The SMILES string of the molecule is CC(=O)c1ccc2c(c1)N(CCF)C(=O)C(C)(C)S2=O. The lowest BCUT2D eigenvalue weighted by Gasteiger charge is -2.37. The molecule has 0 bridgehead atoms. The fraction of sp³-hybridized carbons (Fsp3) is 0.429. The van der Waals surface area contributed by atoms with Gasteiger partial charge in [0.15, 0.2) is 5.78 Å². The molecular weight excluding hydrogens is 281 g/mol. The number of amides is 1. The second-order valence-electron chi connectivity index (χ2n) is 5.16. The van der Waals surface area contributed by atoms with Gasteiger partial charge in [-0.05, 0) is 32.9 Å². The molecule has 4 nitrogen and oxygen atoms in total. The lowest BCUT2D eigenvalue weighted by molar-refractivity contribution is -0.120. The van der Waals surface area contributed by atoms with Crippen LogP contribution in [0.25, 0.3) is 0 Å². The second kappa shape index (κ2) is 5.09. The van der Waals surface area contributed by atoms with E-state index in [0.29, 0.717) is 16.1 Å². The Morgan fingerprint density at radius 2 is 2.05 bits per heavy atom. The number of anilines is 1. The Bertz CT molecular complexity index is 612. The smallest absolute Gasteiger partial charge is 0.245 e. The molecule has 1 amide bonds. The Labute approximate surface area is 119 Å². The van der Waals surface area contributed by atoms with E-state index in [1.165, 1.54) is 17.9 Å². The van der Waals surface area contributed by atoms with Gasteiger partial charge in [0.1, 0.15) is 11.4 Å². The van der Waals surface area contributed by atoms with Crippen molar-refractivity contribution in [2.24, 2.45) is 0 Å². The second-order valence-corrected chi connectivity index (χ2v) is 7.16. The van der Waals surface area contributed by atoms with E-state index in [2.05, 4.69) is 0 Å². The topological polar surface area (TPSA) is 54.5 Å². The fourth-order valence-electron chi connectivity index (χ4n) is 2.20. The third kappa shape index (κ3) is 2.18. The number of hydrogen-bond acceptors (Lipinski definition) is 3. The monoisotopic (exact) mass is 297 g/mol. The Kier molecular flexibility index (Phi) is 3.77. The van der Waals surface area contributed by atoms with Crippen LogP contribution in [0.3, 0.4) is 0 Å². The highest BCUT2D eigenvalue weighted by Gasteiger charge is 2.45. The van der Waals surface area contributed by atoms with Crippen LogP contribution in [-0.2, 0) is 15.6 Å². The quantitative estimate of drug-likeness (QED) is 0.803. The minimum absolute atomic E-state index is 0.103. The van der Waals surface area contributed by atoms with Gasteiger partial charge in [-0.15, -0.1) is 0 Å². The summed E-state index contributed by atoms with van der Waals surface area (Å²) in [6.45, 7) is 3.77. The highest BCUT2D eigenvalue weighted by atomic mass is 32.2. The number of carbonyl (C=O) groups is 2. The van der Waals surface area contributed by atoms with Crippen LogP contribution >= 0.6 is 0 Å². The van der Waals surface area contributed by atoms with Gasteiger partial charge >= 0.3 is 0 Å². The van der Waals surface area contributed by atoms with Crippen molar-refractivity contribution in [1.82, 2.24) is 0 Å². The maximum Gasteiger partial charge on any atom is 0.245 e. The lowest BCUT2D eigenvalue weighted by Crippen LogP contribution is -2.52. The van der Waals surface area contributed by atoms with E-state index in [9.17, 15) is 18.2 Å². The van der Waals surface area contributed by atoms with Crippen molar-refractivity contribution < 1.29 is 18.2 Å². The summed E-state index contributed by atoms with van der Waals surface area (Å²) in [6, 6.07) is 4.68. The molecule has 1 aromatic rings. The molecule has 2 rings (SSSR count). The molecule has 0 N–H and O–H groups in total. The predicted octanol–water partition coefficient (Wildman–Crippen LogP) is 2.09. The third-order valence-corrected chi connectivity index (χ3v) is 5.23. The lowest BCUT2D eigenvalue weighted by atomic mass is 10.1. The van der Waals surface area contributed by atoms with Crippen LogP contribution in [0.5, 0.6) is 0 Å².